The van der Waals surface area contributed by atoms with E-state index in [9.17, 15) is 19.2 Å². The molecule has 0 amide bonds. The van der Waals surface area contributed by atoms with Crippen molar-refractivity contribution in [2.24, 2.45) is 7.05 Å². The molecule has 10 nitrogen and oxygen atoms in total. The summed E-state index contributed by atoms with van der Waals surface area (Å²) in [6.07, 6.45) is 3.05. The second kappa shape index (κ2) is 15.8. The van der Waals surface area contributed by atoms with E-state index in [0.29, 0.717) is 38.9 Å². The van der Waals surface area contributed by atoms with Gasteiger partial charge >= 0.3 is 11.4 Å². The molecule has 12 heteroatoms. The predicted molar refractivity (Wildman–Crippen MR) is 215 cm³/mol. The van der Waals surface area contributed by atoms with Crippen LogP contribution in [0.5, 0.6) is 0 Å². The molecule has 0 unspecified atom stereocenters. The van der Waals surface area contributed by atoms with E-state index in [1.807, 2.05) is 60.7 Å². The highest BCUT2D eigenvalue weighted by molar-refractivity contribution is 6.32. The van der Waals surface area contributed by atoms with E-state index in [4.69, 9.17) is 23.2 Å². The molecule has 55 heavy (non-hydrogen) atoms. The topological polar surface area (TPSA) is 125 Å². The average molecular weight is 762 g/mol. The first-order chi connectivity index (χ1) is 26.7. The van der Waals surface area contributed by atoms with Gasteiger partial charge in [-0.05, 0) is 84.9 Å². The van der Waals surface area contributed by atoms with Gasteiger partial charge in [-0.2, -0.15) is 0 Å². The molecule has 0 aliphatic heterocycles. The lowest BCUT2D eigenvalue weighted by molar-refractivity contribution is 0.765. The van der Waals surface area contributed by atoms with Gasteiger partial charge in [-0.3, -0.25) is 19.1 Å². The number of aryl methyl sites for hydroxylation is 1. The minimum absolute atomic E-state index is 0.241. The third kappa shape index (κ3) is 7.64. The highest BCUT2D eigenvalue weighted by Crippen LogP contribution is 2.21. The Labute approximate surface area is 322 Å². The van der Waals surface area contributed by atoms with Crippen molar-refractivity contribution in [2.45, 2.75) is 0 Å². The first-order valence-electron chi connectivity index (χ1n) is 16.6. The van der Waals surface area contributed by atoms with Gasteiger partial charge in [-0.1, -0.05) is 83.3 Å². The lowest BCUT2D eigenvalue weighted by Crippen LogP contribution is -2.38. The molecule has 1 N–H and O–H groups in total. The van der Waals surface area contributed by atoms with Gasteiger partial charge in [0.25, 0.3) is 11.1 Å². The highest BCUT2D eigenvalue weighted by Gasteiger charge is 2.16. The second-order valence-electron chi connectivity index (χ2n) is 11.9. The van der Waals surface area contributed by atoms with Gasteiger partial charge in [-0.25, -0.2) is 28.7 Å². The Hall–Kier alpha value is -7.24. The summed E-state index contributed by atoms with van der Waals surface area (Å²) < 4.78 is 3.39. The molecule has 8 rings (SSSR count). The number of benzene rings is 4. The molecule has 0 bridgehead atoms. The number of nitrogens with one attached hydrogen (secondary N) is 1. The maximum absolute atomic E-state index is 12.9. The van der Waals surface area contributed by atoms with E-state index in [1.54, 1.807) is 73.9 Å². The molecule has 0 fully saturated rings. The van der Waals surface area contributed by atoms with Crippen LogP contribution in [-0.2, 0) is 7.05 Å². The Morgan fingerprint density at radius 2 is 1.04 bits per heavy atom. The molecule has 266 valence electrons. The van der Waals surface area contributed by atoms with Crippen LogP contribution >= 0.6 is 23.2 Å². The van der Waals surface area contributed by atoms with Crippen LogP contribution in [0.15, 0.2) is 153 Å². The van der Waals surface area contributed by atoms with Crippen LogP contribution in [0.3, 0.4) is 0 Å². The summed E-state index contributed by atoms with van der Waals surface area (Å²) in [5.41, 5.74) is 2.25. The monoisotopic (exact) mass is 760 g/mol. The van der Waals surface area contributed by atoms with Crippen LogP contribution in [0.2, 0.25) is 10.0 Å². The summed E-state index contributed by atoms with van der Waals surface area (Å²) >= 11 is 12.7. The van der Waals surface area contributed by atoms with E-state index < -0.39 is 22.5 Å². The minimum atomic E-state index is -0.601. The third-order valence-electron chi connectivity index (χ3n) is 8.31. The molecule has 8 aromatic rings. The van der Waals surface area contributed by atoms with E-state index in [1.165, 1.54) is 10.8 Å². The van der Waals surface area contributed by atoms with Gasteiger partial charge in [-0.15, -0.1) is 0 Å². The number of aromatic amines is 1. The molecule has 0 atom stereocenters. The van der Waals surface area contributed by atoms with Gasteiger partial charge in [0.05, 0.1) is 32.2 Å². The van der Waals surface area contributed by atoms with Crippen molar-refractivity contribution >= 4 is 45.3 Å². The lowest BCUT2D eigenvalue weighted by atomic mass is 10.1. The van der Waals surface area contributed by atoms with Crippen molar-refractivity contribution in [3.63, 3.8) is 0 Å². The zero-order valence-electron chi connectivity index (χ0n) is 28.8. The number of rotatable bonds is 2. The number of pyridine rings is 2. The predicted octanol–water partition coefficient (Wildman–Crippen LogP) is 6.26. The molecule has 4 aromatic heterocycles. The molecule has 0 spiro atoms. The molecule has 4 aromatic carbocycles. The first-order valence-corrected chi connectivity index (χ1v) is 17.4. The van der Waals surface area contributed by atoms with Crippen LogP contribution in [0.25, 0.3) is 33.4 Å². The smallest absolute Gasteiger partial charge is 0.291 e. The number of H-pyrrole nitrogens is 1. The van der Waals surface area contributed by atoms with E-state index in [2.05, 4.69) is 38.6 Å². The first kappa shape index (κ1) is 36.1. The fraction of sp³-hybridized carbons (Fsp3) is 0.0233. The molecule has 0 aliphatic rings. The van der Waals surface area contributed by atoms with Crippen molar-refractivity contribution in [2.75, 3.05) is 0 Å². The zero-order chi connectivity index (χ0) is 38.5. The van der Waals surface area contributed by atoms with Crippen LogP contribution in [0.1, 0.15) is 22.3 Å². The fourth-order valence-corrected chi connectivity index (χ4v) is 6.15. The summed E-state index contributed by atoms with van der Waals surface area (Å²) in [5, 5.41) is 1.17. The van der Waals surface area contributed by atoms with Gasteiger partial charge in [0.1, 0.15) is 11.3 Å². The van der Waals surface area contributed by atoms with Crippen LogP contribution < -0.4 is 22.5 Å². The number of hydrogen-bond acceptors (Lipinski definition) is 6. The lowest BCUT2D eigenvalue weighted by Gasteiger charge is -2.11. The summed E-state index contributed by atoms with van der Waals surface area (Å²) in [6.45, 7) is 0. The molecular weight excluding hydrogens is 735 g/mol. The summed E-state index contributed by atoms with van der Waals surface area (Å²) in [7, 11) is 1.57. The van der Waals surface area contributed by atoms with Crippen molar-refractivity contribution in [3.05, 3.63) is 208 Å². The Bertz CT molecular complexity index is 3130. The Morgan fingerprint density at radius 3 is 1.60 bits per heavy atom. The zero-order valence-corrected chi connectivity index (χ0v) is 30.3. The van der Waals surface area contributed by atoms with Crippen molar-refractivity contribution in [1.82, 2.24) is 28.7 Å². The van der Waals surface area contributed by atoms with Gasteiger partial charge < -0.3 is 0 Å². The number of nitrogens with zero attached hydrogens (tertiary/aromatic N) is 5. The maximum atomic E-state index is 12.9. The van der Waals surface area contributed by atoms with Crippen molar-refractivity contribution < 1.29 is 0 Å². The summed E-state index contributed by atoms with van der Waals surface area (Å²) in [5.74, 6) is 12.2. The fourth-order valence-electron chi connectivity index (χ4n) is 5.62. The molecule has 0 aliphatic carbocycles. The molecule has 0 saturated carbocycles. The van der Waals surface area contributed by atoms with Crippen LogP contribution in [-0.4, -0.2) is 28.7 Å². The van der Waals surface area contributed by atoms with Crippen LogP contribution in [0, 0.1) is 23.7 Å². The van der Waals surface area contributed by atoms with E-state index >= 15 is 0 Å². The second-order valence-corrected chi connectivity index (χ2v) is 12.7. The maximum Gasteiger partial charge on any atom is 0.337 e. The highest BCUT2D eigenvalue weighted by atomic mass is 35.5. The average Bonchev–Trinajstić information content (AvgIpc) is 3.21. The van der Waals surface area contributed by atoms with Gasteiger partial charge in [0.2, 0.25) is 0 Å². The Morgan fingerprint density at radius 1 is 0.545 bits per heavy atom. The standard InChI is InChI=1S/C22H14ClN3O2.C21H12ClN3O2/c1-25-20-17(8-5-13-24-20)21(27)26(22(25)28)19-12-11-16(14-18(19)23)10-9-15-6-3-2-4-7-15;22-17-13-15(9-8-14-5-2-1-3-6-14)10-11-18(17)25-20(26)16-7-4-12-23-19(16)24-21(25)27/h2-8,11-14H,1H3;1-7,10-13H,(H,23,24,27). The van der Waals surface area contributed by atoms with Gasteiger partial charge in [0, 0.05) is 41.7 Å². The molecular formula is C43H26Cl2N6O4. The number of hydrogen-bond donors (Lipinski definition) is 1. The molecule has 0 saturated heterocycles. The van der Waals surface area contributed by atoms with Crippen LogP contribution in [0.4, 0.5) is 0 Å². The largest absolute Gasteiger partial charge is 0.337 e. The minimum Gasteiger partial charge on any atom is -0.291 e. The summed E-state index contributed by atoms with van der Waals surface area (Å²) in [6, 6.07) is 35.6. The number of aromatic nitrogens is 6. The Balaban J connectivity index is 0.000000169. The van der Waals surface area contributed by atoms with Gasteiger partial charge in [0.15, 0.2) is 0 Å². The Kier molecular flexibility index (Phi) is 10.4. The number of halogens is 2. The van der Waals surface area contributed by atoms with E-state index in [-0.39, 0.29) is 15.7 Å². The summed E-state index contributed by atoms with van der Waals surface area (Å²) in [4.78, 5) is 61.4. The molecule has 0 radical (unpaired) electrons. The quantitative estimate of drug-likeness (QED) is 0.208. The van der Waals surface area contributed by atoms with E-state index in [0.717, 1.165) is 20.3 Å². The number of fused-ring (bicyclic) bond motifs is 2. The van der Waals surface area contributed by atoms with Crippen molar-refractivity contribution in [1.29, 1.82) is 0 Å². The SMILES string of the molecule is Cn1c(=O)n(-c2ccc(C#Cc3ccccc3)cc2Cl)c(=O)c2cccnc21.O=c1[nH]c2ncccc2c(=O)n1-c1ccc(C#Cc2ccccc2)cc1Cl. The molecule has 4 heterocycles. The third-order valence-corrected chi connectivity index (χ3v) is 8.92. The van der Waals surface area contributed by atoms with Crippen molar-refractivity contribution in [3.8, 4) is 35.1 Å². The normalized spacial score (nSPS) is 10.5.